The summed E-state index contributed by atoms with van der Waals surface area (Å²) >= 11 is 0. The Balaban J connectivity index is 1.18. The minimum absolute atomic E-state index is 0.0361. The highest BCUT2D eigenvalue weighted by molar-refractivity contribution is 5.92. The fourth-order valence-corrected chi connectivity index (χ4v) is 5.37. The van der Waals surface area contributed by atoms with Gasteiger partial charge in [0, 0.05) is 57.0 Å². The first-order valence-electron chi connectivity index (χ1n) is 15.8. The van der Waals surface area contributed by atoms with Crippen LogP contribution in [-0.4, -0.2) is 103 Å². The van der Waals surface area contributed by atoms with Crippen LogP contribution in [0.4, 0.5) is 5.69 Å². The molecule has 4 aromatic rings. The van der Waals surface area contributed by atoms with Gasteiger partial charge in [0.2, 0.25) is 11.8 Å². The number of pyridine rings is 3. The van der Waals surface area contributed by atoms with Crippen LogP contribution in [0, 0.1) is 0 Å². The monoisotopic (exact) mass is 655 g/mol. The molecule has 1 aliphatic rings. The normalized spacial score (nSPS) is 19.3. The van der Waals surface area contributed by atoms with E-state index in [4.69, 9.17) is 4.74 Å². The number of nitrogens with one attached hydrogen (secondary N) is 2. The quantitative estimate of drug-likeness (QED) is 0.124. The SMILES string of the molecule is O=C(CN(CCN(Cc1ccccn1)Cc1ccccn1)Cc1ccccn1)Nc1ccc(CC(=O)N[C@H]2C(O)OC[C@@H](O)[C@@H]2O)cc1. The Bertz CT molecular complexity index is 1530. The summed E-state index contributed by atoms with van der Waals surface area (Å²) in [4.78, 5) is 43.6. The number of carbonyl (C=O) groups excluding carboxylic acids is 2. The molecule has 0 radical (unpaired) electrons. The molecule has 0 saturated carbocycles. The van der Waals surface area contributed by atoms with Crippen LogP contribution in [0.15, 0.2) is 97.5 Å². The third-order valence-corrected chi connectivity index (χ3v) is 7.87. The van der Waals surface area contributed by atoms with Crippen LogP contribution >= 0.6 is 0 Å². The Morgan fingerprint density at radius 2 is 1.27 bits per heavy atom. The van der Waals surface area contributed by atoms with Gasteiger partial charge in [-0.05, 0) is 54.1 Å². The molecule has 0 spiro atoms. The molecule has 13 heteroatoms. The summed E-state index contributed by atoms with van der Waals surface area (Å²) in [5, 5.41) is 35.3. The van der Waals surface area contributed by atoms with E-state index in [-0.39, 0.29) is 25.5 Å². The molecular formula is C35H41N7O6. The maximum Gasteiger partial charge on any atom is 0.238 e. The largest absolute Gasteiger partial charge is 0.388 e. The summed E-state index contributed by atoms with van der Waals surface area (Å²) in [6.07, 6.45) is 1.28. The van der Waals surface area contributed by atoms with Crippen molar-refractivity contribution < 1.29 is 29.6 Å². The topological polar surface area (TPSA) is 173 Å². The van der Waals surface area contributed by atoms with Crippen molar-refractivity contribution >= 4 is 17.5 Å². The fraction of sp³-hybridized carbons (Fsp3) is 0.343. The van der Waals surface area contributed by atoms with Crippen molar-refractivity contribution in [3.05, 3.63) is 120 Å². The first kappa shape index (κ1) is 34.7. The minimum Gasteiger partial charge on any atom is -0.388 e. The number of rotatable bonds is 15. The van der Waals surface area contributed by atoms with Gasteiger partial charge < -0.3 is 30.7 Å². The van der Waals surface area contributed by atoms with E-state index in [0.717, 1.165) is 17.1 Å². The van der Waals surface area contributed by atoms with E-state index in [1.165, 1.54) is 0 Å². The van der Waals surface area contributed by atoms with E-state index < -0.39 is 30.4 Å². The summed E-state index contributed by atoms with van der Waals surface area (Å²) < 4.78 is 4.99. The summed E-state index contributed by atoms with van der Waals surface area (Å²) in [5.41, 5.74) is 3.97. The van der Waals surface area contributed by atoms with Gasteiger partial charge in [-0.1, -0.05) is 30.3 Å². The lowest BCUT2D eigenvalue weighted by atomic mass is 10.0. The lowest BCUT2D eigenvalue weighted by Crippen LogP contribution is -2.60. The van der Waals surface area contributed by atoms with Gasteiger partial charge in [0.1, 0.15) is 18.2 Å². The molecule has 5 rings (SSSR count). The van der Waals surface area contributed by atoms with Crippen LogP contribution in [0.5, 0.6) is 0 Å². The minimum atomic E-state index is -1.42. The molecule has 1 fully saturated rings. The highest BCUT2D eigenvalue weighted by Crippen LogP contribution is 2.16. The van der Waals surface area contributed by atoms with Gasteiger partial charge in [-0.3, -0.25) is 34.3 Å². The van der Waals surface area contributed by atoms with Crippen LogP contribution in [0.2, 0.25) is 0 Å². The van der Waals surface area contributed by atoms with Gasteiger partial charge in [-0.15, -0.1) is 0 Å². The number of benzene rings is 1. The van der Waals surface area contributed by atoms with Gasteiger partial charge >= 0.3 is 0 Å². The van der Waals surface area contributed by atoms with Crippen molar-refractivity contribution in [3.63, 3.8) is 0 Å². The maximum atomic E-state index is 13.3. The molecule has 252 valence electrons. The molecule has 1 saturated heterocycles. The predicted molar refractivity (Wildman–Crippen MR) is 177 cm³/mol. The van der Waals surface area contributed by atoms with E-state index in [2.05, 4.69) is 35.4 Å². The third-order valence-electron chi connectivity index (χ3n) is 7.87. The lowest BCUT2D eigenvalue weighted by molar-refractivity contribution is -0.212. The zero-order valence-corrected chi connectivity index (χ0v) is 26.5. The summed E-state index contributed by atoms with van der Waals surface area (Å²) in [7, 11) is 0. The Morgan fingerprint density at radius 3 is 1.81 bits per heavy atom. The van der Waals surface area contributed by atoms with Gasteiger partial charge in [-0.2, -0.15) is 0 Å². The van der Waals surface area contributed by atoms with E-state index in [0.29, 0.717) is 44.0 Å². The second-order valence-corrected chi connectivity index (χ2v) is 11.7. The number of hydrogen-bond donors (Lipinski definition) is 5. The van der Waals surface area contributed by atoms with Crippen molar-refractivity contribution in [3.8, 4) is 0 Å². The van der Waals surface area contributed by atoms with E-state index >= 15 is 0 Å². The average molecular weight is 656 g/mol. The number of aliphatic hydroxyl groups is 3. The summed E-state index contributed by atoms with van der Waals surface area (Å²) in [6, 6.07) is 23.1. The van der Waals surface area contributed by atoms with Crippen LogP contribution in [0.1, 0.15) is 22.6 Å². The molecule has 1 unspecified atom stereocenters. The Hall–Kier alpha value is -4.63. The molecule has 1 aliphatic heterocycles. The third kappa shape index (κ3) is 10.7. The van der Waals surface area contributed by atoms with Gasteiger partial charge in [0.05, 0.1) is 36.7 Å². The fourth-order valence-electron chi connectivity index (χ4n) is 5.37. The van der Waals surface area contributed by atoms with Crippen molar-refractivity contribution in [1.29, 1.82) is 0 Å². The molecule has 4 heterocycles. The first-order chi connectivity index (χ1) is 23.3. The highest BCUT2D eigenvalue weighted by atomic mass is 16.6. The Morgan fingerprint density at radius 1 is 0.729 bits per heavy atom. The number of amides is 2. The van der Waals surface area contributed by atoms with Crippen LogP contribution < -0.4 is 10.6 Å². The number of anilines is 1. The summed E-state index contributed by atoms with van der Waals surface area (Å²) in [5.74, 6) is -0.658. The number of aliphatic hydroxyl groups excluding tert-OH is 3. The first-order valence-corrected chi connectivity index (χ1v) is 15.8. The Kier molecular flexibility index (Phi) is 12.7. The number of nitrogens with zero attached hydrogens (tertiary/aromatic N) is 5. The molecule has 1 aromatic carbocycles. The molecular weight excluding hydrogens is 614 g/mol. The molecule has 2 amide bonds. The molecule has 5 N–H and O–H groups in total. The van der Waals surface area contributed by atoms with Crippen LogP contribution in [-0.2, 0) is 40.4 Å². The van der Waals surface area contributed by atoms with Gasteiger partial charge in [0.25, 0.3) is 0 Å². The number of aromatic nitrogens is 3. The standard InChI is InChI=1S/C35H41N7O6/c43-30-24-48-35(47)33(34(30)46)40-31(44)19-25-10-12-26(13-11-25)39-32(45)23-42(22-29-9-3-6-16-38-29)18-17-41(20-27-7-1-4-14-36-27)21-28-8-2-5-15-37-28/h1-16,30,33-35,43,46-47H,17-24H2,(H,39,45)(H,40,44)/t30-,33-,34+,35?/m1/s1. The predicted octanol–water partition coefficient (Wildman–Crippen LogP) is 1.11. The van der Waals surface area contributed by atoms with E-state index in [1.807, 2.05) is 54.6 Å². The molecule has 3 aromatic heterocycles. The van der Waals surface area contributed by atoms with Crippen LogP contribution in [0.25, 0.3) is 0 Å². The molecule has 0 aliphatic carbocycles. The Labute approximate surface area is 279 Å². The van der Waals surface area contributed by atoms with Crippen molar-refractivity contribution in [2.45, 2.75) is 50.6 Å². The van der Waals surface area contributed by atoms with Gasteiger partial charge in [-0.25, -0.2) is 0 Å². The number of ether oxygens (including phenoxy) is 1. The van der Waals surface area contributed by atoms with Gasteiger partial charge in [0.15, 0.2) is 6.29 Å². The number of hydrogen-bond acceptors (Lipinski definition) is 11. The smallest absolute Gasteiger partial charge is 0.238 e. The van der Waals surface area contributed by atoms with Crippen molar-refractivity contribution in [2.24, 2.45) is 0 Å². The second-order valence-electron chi connectivity index (χ2n) is 11.7. The molecule has 0 bridgehead atoms. The van der Waals surface area contributed by atoms with E-state index in [9.17, 15) is 24.9 Å². The van der Waals surface area contributed by atoms with Crippen molar-refractivity contribution in [1.82, 2.24) is 30.1 Å². The average Bonchev–Trinajstić information content (AvgIpc) is 3.09. The molecule has 48 heavy (non-hydrogen) atoms. The van der Waals surface area contributed by atoms with Crippen molar-refractivity contribution in [2.75, 3.05) is 31.6 Å². The van der Waals surface area contributed by atoms with Crippen LogP contribution in [0.3, 0.4) is 0 Å². The molecule has 13 nitrogen and oxygen atoms in total. The second kappa shape index (κ2) is 17.5. The lowest BCUT2D eigenvalue weighted by Gasteiger charge is -2.35. The zero-order valence-electron chi connectivity index (χ0n) is 26.5. The summed E-state index contributed by atoms with van der Waals surface area (Å²) in [6.45, 7) is 2.89. The number of carbonyl (C=O) groups is 2. The van der Waals surface area contributed by atoms with E-state index in [1.54, 1.807) is 42.9 Å². The zero-order chi connectivity index (χ0) is 33.7. The molecule has 4 atom stereocenters. The highest BCUT2D eigenvalue weighted by Gasteiger charge is 2.38. The maximum absolute atomic E-state index is 13.3.